The highest BCUT2D eigenvalue weighted by Crippen LogP contribution is 2.13. The van der Waals surface area contributed by atoms with Gasteiger partial charge in [0, 0.05) is 6.54 Å². The van der Waals surface area contributed by atoms with Gasteiger partial charge in [0.15, 0.2) is 0 Å². The van der Waals surface area contributed by atoms with Gasteiger partial charge in [0.05, 0.1) is 6.61 Å². The first-order chi connectivity index (χ1) is 10.3. The van der Waals surface area contributed by atoms with Crippen LogP contribution in [-0.2, 0) is 6.54 Å². The summed E-state index contributed by atoms with van der Waals surface area (Å²) in [4.78, 5) is 2.40. The van der Waals surface area contributed by atoms with Crippen LogP contribution in [0.1, 0.15) is 65.4 Å². The minimum absolute atomic E-state index is 0.733. The second kappa shape index (κ2) is 13.9. The molecule has 21 heavy (non-hydrogen) atoms. The van der Waals surface area contributed by atoms with Gasteiger partial charge in [0.2, 0.25) is 0 Å². The number of nitrogens with zero attached hydrogens (tertiary/aromatic N) is 1. The predicted molar refractivity (Wildman–Crippen MR) is 94.1 cm³/mol. The van der Waals surface area contributed by atoms with Gasteiger partial charge in [-0.2, -0.15) is 0 Å². The van der Waals surface area contributed by atoms with Crippen molar-refractivity contribution in [1.82, 2.24) is 4.90 Å². The van der Waals surface area contributed by atoms with Gasteiger partial charge < -0.3 is 9.64 Å². The van der Waals surface area contributed by atoms with E-state index < -0.39 is 0 Å². The monoisotopic (exact) mass is 293 g/mol. The standard InChI is InChI=1S/C17H29NO.C2H6/c1-4-6-7-8-9-14-18(3)15-16-10-12-17(13-11-16)19-5-2;1-2/h10-13H,4-9,14-15H2,1-3H3;1-2H3. The first-order valence-corrected chi connectivity index (χ1v) is 8.66. The Kier molecular flexibility index (Phi) is 13.3. The lowest BCUT2D eigenvalue weighted by Gasteiger charge is -2.16. The maximum absolute atomic E-state index is 5.45. The first kappa shape index (κ1) is 20.0. The van der Waals surface area contributed by atoms with Gasteiger partial charge in [-0.1, -0.05) is 58.6 Å². The number of rotatable bonds is 10. The quantitative estimate of drug-likeness (QED) is 0.527. The van der Waals surface area contributed by atoms with Crippen molar-refractivity contribution in [1.29, 1.82) is 0 Å². The Morgan fingerprint density at radius 3 is 2.10 bits per heavy atom. The molecule has 0 aliphatic carbocycles. The van der Waals surface area contributed by atoms with E-state index in [4.69, 9.17) is 4.74 Å². The molecule has 0 heterocycles. The summed E-state index contributed by atoms with van der Waals surface area (Å²) in [5, 5.41) is 0. The number of hydrogen-bond donors (Lipinski definition) is 0. The van der Waals surface area contributed by atoms with Gasteiger partial charge in [0.25, 0.3) is 0 Å². The summed E-state index contributed by atoms with van der Waals surface area (Å²) < 4.78 is 5.45. The summed E-state index contributed by atoms with van der Waals surface area (Å²) in [5.74, 6) is 0.966. The molecule has 0 aromatic heterocycles. The third kappa shape index (κ3) is 10.4. The Bertz CT molecular complexity index is 321. The Labute approximate surface area is 132 Å². The maximum Gasteiger partial charge on any atom is 0.119 e. The fourth-order valence-corrected chi connectivity index (χ4v) is 2.23. The van der Waals surface area contributed by atoms with Gasteiger partial charge in [-0.05, 0) is 44.6 Å². The van der Waals surface area contributed by atoms with Gasteiger partial charge in [0.1, 0.15) is 5.75 Å². The van der Waals surface area contributed by atoms with E-state index in [1.807, 2.05) is 20.8 Å². The average Bonchev–Trinajstić information content (AvgIpc) is 2.51. The van der Waals surface area contributed by atoms with Crippen LogP contribution < -0.4 is 4.74 Å². The van der Waals surface area contributed by atoms with Crippen LogP contribution in [-0.4, -0.2) is 25.1 Å². The topological polar surface area (TPSA) is 12.5 Å². The molecular formula is C19H35NO. The molecule has 0 aliphatic heterocycles. The largest absolute Gasteiger partial charge is 0.494 e. The lowest BCUT2D eigenvalue weighted by atomic mass is 10.1. The van der Waals surface area contributed by atoms with Crippen LogP contribution in [0.5, 0.6) is 5.75 Å². The molecule has 2 heteroatoms. The van der Waals surface area contributed by atoms with Crippen LogP contribution >= 0.6 is 0 Å². The molecule has 0 saturated heterocycles. The summed E-state index contributed by atoms with van der Waals surface area (Å²) in [6.45, 7) is 11.2. The van der Waals surface area contributed by atoms with Crippen LogP contribution in [0.15, 0.2) is 24.3 Å². The van der Waals surface area contributed by atoms with Crippen molar-refractivity contribution >= 4 is 0 Å². The molecule has 0 saturated carbocycles. The van der Waals surface area contributed by atoms with Crippen molar-refractivity contribution in [3.05, 3.63) is 29.8 Å². The van der Waals surface area contributed by atoms with Crippen molar-refractivity contribution < 1.29 is 4.74 Å². The molecule has 122 valence electrons. The molecule has 0 unspecified atom stereocenters. The van der Waals surface area contributed by atoms with Crippen molar-refractivity contribution in [3.8, 4) is 5.75 Å². The highest BCUT2D eigenvalue weighted by Gasteiger charge is 2.01. The zero-order valence-electron chi connectivity index (χ0n) is 14.8. The van der Waals surface area contributed by atoms with Crippen LogP contribution in [0.4, 0.5) is 0 Å². The third-order valence-corrected chi connectivity index (χ3v) is 3.33. The molecule has 2 nitrogen and oxygen atoms in total. The first-order valence-electron chi connectivity index (χ1n) is 8.66. The molecule has 0 N–H and O–H groups in total. The van der Waals surface area contributed by atoms with E-state index in [2.05, 4.69) is 43.1 Å². The third-order valence-electron chi connectivity index (χ3n) is 3.33. The summed E-state index contributed by atoms with van der Waals surface area (Å²) in [6.07, 6.45) is 6.76. The minimum Gasteiger partial charge on any atom is -0.494 e. The van der Waals surface area contributed by atoms with Crippen LogP contribution in [0, 0.1) is 0 Å². The Hall–Kier alpha value is -1.02. The maximum atomic E-state index is 5.45. The molecule has 0 bridgehead atoms. The van der Waals surface area contributed by atoms with E-state index in [0.29, 0.717) is 0 Å². The van der Waals surface area contributed by atoms with Crippen LogP contribution in [0.25, 0.3) is 0 Å². The molecule has 0 spiro atoms. The van der Waals surface area contributed by atoms with E-state index in [9.17, 15) is 0 Å². The number of benzene rings is 1. The summed E-state index contributed by atoms with van der Waals surface area (Å²) in [6, 6.07) is 8.46. The smallest absolute Gasteiger partial charge is 0.119 e. The lowest BCUT2D eigenvalue weighted by molar-refractivity contribution is 0.315. The molecule has 0 amide bonds. The summed E-state index contributed by atoms with van der Waals surface area (Å²) >= 11 is 0. The number of hydrogen-bond acceptors (Lipinski definition) is 2. The molecular weight excluding hydrogens is 258 g/mol. The summed E-state index contributed by atoms with van der Waals surface area (Å²) in [5.41, 5.74) is 1.36. The molecule has 0 radical (unpaired) electrons. The summed E-state index contributed by atoms with van der Waals surface area (Å²) in [7, 11) is 2.20. The zero-order chi connectivity index (χ0) is 15.9. The number of unbranched alkanes of at least 4 members (excludes halogenated alkanes) is 4. The molecule has 0 atom stereocenters. The van der Waals surface area contributed by atoms with Crippen molar-refractivity contribution in [2.24, 2.45) is 0 Å². The average molecular weight is 293 g/mol. The van der Waals surface area contributed by atoms with E-state index in [0.717, 1.165) is 18.9 Å². The Morgan fingerprint density at radius 1 is 0.905 bits per heavy atom. The van der Waals surface area contributed by atoms with Gasteiger partial charge in [-0.25, -0.2) is 0 Å². The fourth-order valence-electron chi connectivity index (χ4n) is 2.23. The molecule has 1 rings (SSSR count). The van der Waals surface area contributed by atoms with Gasteiger partial charge >= 0.3 is 0 Å². The van der Waals surface area contributed by atoms with E-state index in [1.165, 1.54) is 44.2 Å². The highest BCUT2D eigenvalue weighted by atomic mass is 16.5. The zero-order valence-corrected chi connectivity index (χ0v) is 14.8. The number of ether oxygens (including phenoxy) is 1. The van der Waals surface area contributed by atoms with Gasteiger partial charge in [-0.15, -0.1) is 0 Å². The van der Waals surface area contributed by atoms with Crippen molar-refractivity contribution in [3.63, 3.8) is 0 Å². The Morgan fingerprint density at radius 2 is 1.52 bits per heavy atom. The second-order valence-electron chi connectivity index (χ2n) is 5.23. The highest BCUT2D eigenvalue weighted by molar-refractivity contribution is 5.27. The van der Waals surface area contributed by atoms with Crippen molar-refractivity contribution in [2.75, 3.05) is 20.2 Å². The molecule has 0 aliphatic rings. The van der Waals surface area contributed by atoms with Crippen LogP contribution in [0.3, 0.4) is 0 Å². The molecule has 0 fully saturated rings. The fraction of sp³-hybridized carbons (Fsp3) is 0.684. The van der Waals surface area contributed by atoms with E-state index in [1.54, 1.807) is 0 Å². The van der Waals surface area contributed by atoms with Crippen LogP contribution in [0.2, 0.25) is 0 Å². The SMILES string of the molecule is CC.CCCCCCCN(C)Cc1ccc(OCC)cc1. The Balaban J connectivity index is 0.00000191. The van der Waals surface area contributed by atoms with Crippen molar-refractivity contribution in [2.45, 2.75) is 66.3 Å². The van der Waals surface area contributed by atoms with E-state index in [-0.39, 0.29) is 0 Å². The minimum atomic E-state index is 0.733. The predicted octanol–water partition coefficient (Wildman–Crippen LogP) is 5.51. The second-order valence-corrected chi connectivity index (χ2v) is 5.23. The molecule has 1 aromatic carbocycles. The lowest BCUT2D eigenvalue weighted by Crippen LogP contribution is -2.19. The van der Waals surface area contributed by atoms with Gasteiger partial charge in [-0.3, -0.25) is 0 Å². The normalized spacial score (nSPS) is 10.2. The molecule has 1 aromatic rings. The van der Waals surface area contributed by atoms with E-state index >= 15 is 0 Å².